The van der Waals surface area contributed by atoms with E-state index in [9.17, 15) is 19.8 Å². The van der Waals surface area contributed by atoms with Crippen LogP contribution < -0.4 is 10.6 Å². The molecule has 8 nitrogen and oxygen atoms in total. The van der Waals surface area contributed by atoms with Gasteiger partial charge >= 0.3 is 5.97 Å². The van der Waals surface area contributed by atoms with Gasteiger partial charge in [-0.2, -0.15) is 0 Å². The summed E-state index contributed by atoms with van der Waals surface area (Å²) in [4.78, 5) is 28.7. The van der Waals surface area contributed by atoms with Crippen LogP contribution in [0.1, 0.15) is 59.3 Å². The van der Waals surface area contributed by atoms with Crippen LogP contribution >= 0.6 is 0 Å². The van der Waals surface area contributed by atoms with E-state index in [1.165, 1.54) is 5.56 Å². The number of carbonyl (C=O) groups is 2. The second kappa shape index (κ2) is 11.4. The Balaban J connectivity index is 1.15. The number of nitrogens with zero attached hydrogens (tertiary/aromatic N) is 1. The van der Waals surface area contributed by atoms with E-state index < -0.39 is 17.9 Å². The molecule has 4 N–H and O–H groups in total. The Bertz CT molecular complexity index is 1010. The number of ether oxygens (including phenoxy) is 1. The molecule has 0 saturated heterocycles. The summed E-state index contributed by atoms with van der Waals surface area (Å²) in [6.07, 6.45) is 6.59. The van der Waals surface area contributed by atoms with Crippen molar-refractivity contribution in [2.45, 2.75) is 63.7 Å². The number of aromatic nitrogens is 1. The number of hydrogen-bond donors (Lipinski definition) is 4. The van der Waals surface area contributed by atoms with Crippen LogP contribution in [0.4, 0.5) is 5.82 Å². The molecule has 1 saturated carbocycles. The predicted octanol–water partition coefficient (Wildman–Crippen LogP) is 2.93. The average molecular weight is 468 g/mol. The normalized spacial score (nSPS) is 19.9. The van der Waals surface area contributed by atoms with E-state index in [2.05, 4.69) is 22.8 Å². The van der Waals surface area contributed by atoms with Crippen LogP contribution in [-0.4, -0.2) is 52.4 Å². The van der Waals surface area contributed by atoms with E-state index in [1.807, 2.05) is 0 Å². The highest BCUT2D eigenvalue weighted by Crippen LogP contribution is 2.34. The lowest BCUT2D eigenvalue weighted by Crippen LogP contribution is -2.42. The fourth-order valence-electron chi connectivity index (χ4n) is 4.57. The van der Waals surface area contributed by atoms with Crippen LogP contribution in [-0.2, 0) is 29.0 Å². The average Bonchev–Trinajstić information content (AvgIpc) is 2.83. The molecule has 0 bridgehead atoms. The number of aryl methyl sites for hydroxylation is 2. The highest BCUT2D eigenvalue weighted by Gasteiger charge is 2.30. The summed E-state index contributed by atoms with van der Waals surface area (Å²) in [5.41, 5.74) is 3.36. The first-order valence-corrected chi connectivity index (χ1v) is 12.1. The molecule has 0 unspecified atom stereocenters. The Morgan fingerprint density at radius 2 is 2.09 bits per heavy atom. The monoisotopic (exact) mass is 467 g/mol. The summed E-state index contributed by atoms with van der Waals surface area (Å²) in [7, 11) is 0. The molecule has 1 amide bonds. The van der Waals surface area contributed by atoms with Crippen LogP contribution in [0, 0.1) is 5.92 Å². The number of benzene rings is 1. The molecule has 1 aromatic heterocycles. The van der Waals surface area contributed by atoms with Gasteiger partial charge in [0.2, 0.25) is 0 Å². The summed E-state index contributed by atoms with van der Waals surface area (Å²) in [5, 5.41) is 24.6. The number of hydrogen-bond acceptors (Lipinski definition) is 6. The molecule has 1 aromatic carbocycles. The maximum Gasteiger partial charge on any atom is 0.326 e. The second-order valence-electron chi connectivity index (χ2n) is 9.22. The molecular weight excluding hydrogens is 434 g/mol. The Morgan fingerprint density at radius 1 is 1.24 bits per heavy atom. The number of carboxylic acid groups (broad SMARTS) is 1. The zero-order valence-corrected chi connectivity index (χ0v) is 19.3. The number of amides is 1. The van der Waals surface area contributed by atoms with Crippen molar-refractivity contribution in [1.29, 1.82) is 0 Å². The number of rotatable bonds is 11. The molecule has 2 heterocycles. The van der Waals surface area contributed by atoms with Crippen molar-refractivity contribution in [2.75, 3.05) is 18.5 Å². The van der Waals surface area contributed by atoms with Gasteiger partial charge in [0.15, 0.2) is 0 Å². The van der Waals surface area contributed by atoms with Crippen LogP contribution in [0.2, 0.25) is 0 Å². The summed E-state index contributed by atoms with van der Waals surface area (Å²) >= 11 is 0. The maximum absolute atomic E-state index is 12.4. The topological polar surface area (TPSA) is 121 Å². The molecule has 0 radical (unpaired) electrons. The molecule has 4 rings (SSSR count). The molecule has 1 atom stereocenters. The van der Waals surface area contributed by atoms with Gasteiger partial charge in [0, 0.05) is 30.8 Å². The molecule has 2 aliphatic rings. The lowest BCUT2D eigenvalue weighted by molar-refractivity contribution is -0.140. The Hall–Kier alpha value is -2.97. The lowest BCUT2D eigenvalue weighted by Gasteiger charge is -2.35. The van der Waals surface area contributed by atoms with Gasteiger partial charge in [0.1, 0.15) is 11.9 Å². The molecule has 2 aromatic rings. The highest BCUT2D eigenvalue weighted by atomic mass is 16.5. The summed E-state index contributed by atoms with van der Waals surface area (Å²) < 4.78 is 5.87. The van der Waals surface area contributed by atoms with Crippen LogP contribution in [0.25, 0.3) is 0 Å². The fourth-order valence-corrected chi connectivity index (χ4v) is 4.57. The summed E-state index contributed by atoms with van der Waals surface area (Å²) in [5.74, 6) is 0.0792. The van der Waals surface area contributed by atoms with Gasteiger partial charge in [0.25, 0.3) is 5.91 Å². The van der Waals surface area contributed by atoms with Gasteiger partial charge in [-0.25, -0.2) is 9.78 Å². The van der Waals surface area contributed by atoms with Gasteiger partial charge in [-0.1, -0.05) is 18.2 Å². The third kappa shape index (κ3) is 6.33. The molecular formula is C26H33N3O5. The van der Waals surface area contributed by atoms with Gasteiger partial charge in [0.05, 0.1) is 12.7 Å². The smallest absolute Gasteiger partial charge is 0.326 e. The van der Waals surface area contributed by atoms with E-state index in [1.54, 1.807) is 24.3 Å². The quantitative estimate of drug-likeness (QED) is 0.401. The number of aliphatic hydroxyl groups is 1. The molecule has 34 heavy (non-hydrogen) atoms. The van der Waals surface area contributed by atoms with Crippen LogP contribution in [0.5, 0.6) is 0 Å². The standard InChI is InChI=1S/C26H33N3O5/c30-16-18-3-1-4-20(13-18)25(31)29-23(26(32)33)10-12-34-22-14-17(15-22)6-8-21-9-7-19-5-2-11-27-24(19)28-21/h1,3-4,7,9,13,17,22-23,30H,2,5-6,8,10-12,14-16H2,(H,27,28)(H,29,31)(H,32,33)/t17?,22?,23-/m0/s1. The second-order valence-corrected chi connectivity index (χ2v) is 9.22. The van der Waals surface area contributed by atoms with Crippen molar-refractivity contribution in [3.63, 3.8) is 0 Å². The predicted molar refractivity (Wildman–Crippen MR) is 128 cm³/mol. The SMILES string of the molecule is O=C(N[C@@H](CCOC1CC(CCc2ccc3c(n2)NCCC3)C1)C(=O)O)c1cccc(CO)c1. The number of carboxylic acids is 1. The molecule has 8 heteroatoms. The molecule has 1 aliphatic carbocycles. The number of aliphatic carboxylic acids is 1. The minimum atomic E-state index is -1.09. The molecule has 182 valence electrons. The zero-order chi connectivity index (χ0) is 23.9. The largest absolute Gasteiger partial charge is 0.480 e. The van der Waals surface area contributed by atoms with Crippen molar-refractivity contribution in [1.82, 2.24) is 10.3 Å². The Kier molecular flexibility index (Phi) is 8.13. The number of anilines is 1. The molecule has 0 spiro atoms. The van der Waals surface area contributed by atoms with E-state index in [4.69, 9.17) is 9.72 Å². The van der Waals surface area contributed by atoms with E-state index in [0.717, 1.165) is 56.6 Å². The highest BCUT2D eigenvalue weighted by molar-refractivity contribution is 5.96. The van der Waals surface area contributed by atoms with Gasteiger partial charge in [-0.3, -0.25) is 4.79 Å². The van der Waals surface area contributed by atoms with E-state index >= 15 is 0 Å². The number of aliphatic hydroxyl groups excluding tert-OH is 1. The summed E-state index contributed by atoms with van der Waals surface area (Å²) in [6.45, 7) is 1.10. The van der Waals surface area contributed by atoms with Crippen LogP contribution in [0.15, 0.2) is 36.4 Å². The Morgan fingerprint density at radius 3 is 2.88 bits per heavy atom. The van der Waals surface area contributed by atoms with E-state index in [-0.39, 0.29) is 25.7 Å². The molecule has 1 aliphatic heterocycles. The van der Waals surface area contributed by atoms with Crippen molar-refractivity contribution in [3.8, 4) is 0 Å². The first-order valence-electron chi connectivity index (χ1n) is 12.1. The first kappa shape index (κ1) is 24.2. The molecule has 1 fully saturated rings. The Labute approximate surface area is 199 Å². The lowest BCUT2D eigenvalue weighted by atomic mass is 9.79. The van der Waals surface area contributed by atoms with Crippen molar-refractivity contribution >= 4 is 17.7 Å². The van der Waals surface area contributed by atoms with Crippen molar-refractivity contribution < 1.29 is 24.5 Å². The maximum atomic E-state index is 12.4. The fraction of sp³-hybridized carbons (Fsp3) is 0.500. The van der Waals surface area contributed by atoms with Gasteiger partial charge in [-0.15, -0.1) is 0 Å². The van der Waals surface area contributed by atoms with Crippen LogP contribution in [0.3, 0.4) is 0 Å². The third-order valence-corrected chi connectivity index (χ3v) is 6.69. The zero-order valence-electron chi connectivity index (χ0n) is 19.3. The third-order valence-electron chi connectivity index (χ3n) is 6.69. The number of carbonyl (C=O) groups excluding carboxylic acids is 1. The van der Waals surface area contributed by atoms with Gasteiger partial charge < -0.3 is 25.6 Å². The van der Waals surface area contributed by atoms with E-state index in [0.29, 0.717) is 17.0 Å². The van der Waals surface area contributed by atoms with Crippen molar-refractivity contribution in [2.24, 2.45) is 5.92 Å². The number of fused-ring (bicyclic) bond motifs is 1. The number of nitrogens with one attached hydrogen (secondary N) is 2. The van der Waals surface area contributed by atoms with Gasteiger partial charge in [-0.05, 0) is 73.8 Å². The number of pyridine rings is 1. The first-order chi connectivity index (χ1) is 16.5. The minimum Gasteiger partial charge on any atom is -0.480 e. The summed E-state index contributed by atoms with van der Waals surface area (Å²) in [6, 6.07) is 9.81. The van der Waals surface area contributed by atoms with Crippen molar-refractivity contribution in [3.05, 3.63) is 58.8 Å². The minimum absolute atomic E-state index is 0.148.